The van der Waals surface area contributed by atoms with Crippen LogP contribution in [0.5, 0.6) is 5.75 Å². The van der Waals surface area contributed by atoms with Gasteiger partial charge in [-0.25, -0.2) is 0 Å². The fourth-order valence-corrected chi connectivity index (χ4v) is 1.24. The lowest BCUT2D eigenvalue weighted by Crippen LogP contribution is -2.20. The summed E-state index contributed by atoms with van der Waals surface area (Å²) >= 11 is 0. The minimum atomic E-state index is -4.57. The van der Waals surface area contributed by atoms with Gasteiger partial charge in [0.2, 0.25) is 0 Å². The second kappa shape index (κ2) is 5.19. The molecule has 0 saturated carbocycles. The minimum Gasteiger partial charge on any atom is -0.491 e. The largest absolute Gasteiger partial charge is 0.491 e. The Kier molecular flexibility index (Phi) is 4.06. The first-order valence-corrected chi connectivity index (χ1v) is 5.35. The summed E-state index contributed by atoms with van der Waals surface area (Å²) in [6, 6.07) is 6.57. The molecule has 19 heavy (non-hydrogen) atoms. The van der Waals surface area contributed by atoms with Crippen molar-refractivity contribution in [2.45, 2.75) is 20.0 Å². The van der Waals surface area contributed by atoms with Gasteiger partial charge >= 0.3 is 6.18 Å². The molecule has 0 aliphatic rings. The number of benzene rings is 1. The maximum Gasteiger partial charge on any atom is 0.419 e. The van der Waals surface area contributed by atoms with E-state index >= 15 is 0 Å². The molecule has 0 radical (unpaired) electrons. The first-order valence-electron chi connectivity index (χ1n) is 5.35. The third kappa shape index (κ3) is 3.89. The average Bonchev–Trinajstić information content (AvgIpc) is 2.35. The molecular weight excluding hydrogens is 257 g/mol. The van der Waals surface area contributed by atoms with Gasteiger partial charge in [-0.3, -0.25) is 0 Å². The van der Waals surface area contributed by atoms with Gasteiger partial charge < -0.3 is 4.74 Å². The molecule has 1 aromatic rings. The van der Waals surface area contributed by atoms with Crippen molar-refractivity contribution in [3.63, 3.8) is 0 Å². The monoisotopic (exact) mass is 268 g/mol. The van der Waals surface area contributed by atoms with Gasteiger partial charge in [0.1, 0.15) is 12.4 Å². The van der Waals surface area contributed by atoms with Crippen LogP contribution >= 0.6 is 0 Å². The molecule has 6 heteroatoms. The molecule has 0 unspecified atom stereocenters. The Labute approximate surface area is 108 Å². The van der Waals surface area contributed by atoms with E-state index in [0.717, 1.165) is 18.2 Å². The summed E-state index contributed by atoms with van der Waals surface area (Å²) in [5.74, 6) is -0.435. The highest BCUT2D eigenvalue weighted by Gasteiger charge is 2.35. The summed E-state index contributed by atoms with van der Waals surface area (Å²) in [7, 11) is 0. The van der Waals surface area contributed by atoms with Crippen LogP contribution in [0.1, 0.15) is 25.0 Å². The molecule has 0 fully saturated rings. The molecule has 0 N–H and O–H groups in total. The lowest BCUT2D eigenvalue weighted by atomic mass is 9.97. The fourth-order valence-electron chi connectivity index (χ4n) is 1.24. The van der Waals surface area contributed by atoms with Crippen LogP contribution in [0.15, 0.2) is 18.2 Å². The Bertz CT molecular complexity index is 550. The van der Waals surface area contributed by atoms with Crippen molar-refractivity contribution < 1.29 is 17.9 Å². The molecule has 0 spiro atoms. The fraction of sp³-hybridized carbons (Fsp3) is 0.385. The Balaban J connectivity index is 3.11. The highest BCUT2D eigenvalue weighted by Crippen LogP contribution is 2.37. The molecule has 100 valence electrons. The summed E-state index contributed by atoms with van der Waals surface area (Å²) in [4.78, 5) is 0. The molecule has 1 aromatic carbocycles. The molecule has 0 saturated heterocycles. The summed E-state index contributed by atoms with van der Waals surface area (Å²) in [6.07, 6.45) is -4.57. The van der Waals surface area contributed by atoms with Crippen LogP contribution in [0.3, 0.4) is 0 Å². The third-order valence-electron chi connectivity index (χ3n) is 2.31. The maximum absolute atomic E-state index is 12.8. The Morgan fingerprint density at radius 2 is 1.84 bits per heavy atom. The zero-order chi connectivity index (χ0) is 14.7. The number of halogens is 3. The second-order valence-corrected chi connectivity index (χ2v) is 4.60. The predicted octanol–water partition coefficient (Wildman–Crippen LogP) is 3.51. The Morgan fingerprint density at radius 1 is 1.21 bits per heavy atom. The third-order valence-corrected chi connectivity index (χ3v) is 2.31. The van der Waals surface area contributed by atoms with E-state index in [4.69, 9.17) is 15.3 Å². The average molecular weight is 268 g/mol. The van der Waals surface area contributed by atoms with Crippen LogP contribution in [-0.4, -0.2) is 6.61 Å². The van der Waals surface area contributed by atoms with Crippen LogP contribution in [0, 0.1) is 28.1 Å². The molecule has 0 aliphatic heterocycles. The number of alkyl halides is 3. The zero-order valence-corrected chi connectivity index (χ0v) is 10.4. The summed E-state index contributed by atoms with van der Waals surface area (Å²) in [5.41, 5.74) is -1.80. The smallest absolute Gasteiger partial charge is 0.419 e. The van der Waals surface area contributed by atoms with E-state index in [1.165, 1.54) is 0 Å². The number of nitriles is 2. The molecule has 0 aromatic heterocycles. The van der Waals surface area contributed by atoms with E-state index < -0.39 is 22.9 Å². The van der Waals surface area contributed by atoms with Crippen LogP contribution in [-0.2, 0) is 6.18 Å². The number of hydrogen-bond donors (Lipinski definition) is 0. The zero-order valence-electron chi connectivity index (χ0n) is 10.4. The first-order chi connectivity index (χ1) is 8.69. The molecule has 0 amide bonds. The van der Waals surface area contributed by atoms with Gasteiger partial charge in [-0.2, -0.15) is 23.7 Å². The highest BCUT2D eigenvalue weighted by atomic mass is 19.4. The van der Waals surface area contributed by atoms with Crippen molar-refractivity contribution >= 4 is 0 Å². The van der Waals surface area contributed by atoms with E-state index in [-0.39, 0.29) is 12.2 Å². The molecule has 1 rings (SSSR count). The van der Waals surface area contributed by atoms with Gasteiger partial charge in [0.05, 0.1) is 28.7 Å². The standard InChI is InChI=1S/C13H11F3N2O/c1-12(2,7-18)8-19-11-5-9(6-17)3-4-10(11)13(14,15)16/h3-5H,8H2,1-2H3. The van der Waals surface area contributed by atoms with Gasteiger partial charge in [-0.1, -0.05) is 0 Å². The molecular formula is C13H11F3N2O. The molecule has 0 aliphatic carbocycles. The Hall–Kier alpha value is -2.21. The summed E-state index contributed by atoms with van der Waals surface area (Å²) in [6.45, 7) is 2.91. The van der Waals surface area contributed by atoms with E-state index in [1.54, 1.807) is 19.9 Å². The van der Waals surface area contributed by atoms with Crippen molar-refractivity contribution in [3.8, 4) is 17.9 Å². The Morgan fingerprint density at radius 3 is 2.32 bits per heavy atom. The molecule has 0 bridgehead atoms. The van der Waals surface area contributed by atoms with Gasteiger partial charge in [0.25, 0.3) is 0 Å². The second-order valence-electron chi connectivity index (χ2n) is 4.60. The van der Waals surface area contributed by atoms with Crippen molar-refractivity contribution in [2.75, 3.05) is 6.61 Å². The minimum absolute atomic E-state index is 0.0674. The lowest BCUT2D eigenvalue weighted by molar-refractivity contribution is -0.139. The summed E-state index contributed by atoms with van der Waals surface area (Å²) in [5, 5.41) is 17.5. The van der Waals surface area contributed by atoms with Crippen molar-refractivity contribution in [2.24, 2.45) is 5.41 Å². The SMILES string of the molecule is CC(C)(C#N)COc1cc(C#N)ccc1C(F)(F)F. The molecule has 3 nitrogen and oxygen atoms in total. The van der Waals surface area contributed by atoms with Gasteiger partial charge in [0.15, 0.2) is 0 Å². The van der Waals surface area contributed by atoms with Crippen LogP contribution < -0.4 is 4.74 Å². The van der Waals surface area contributed by atoms with E-state index in [0.29, 0.717) is 0 Å². The lowest BCUT2D eigenvalue weighted by Gasteiger charge is -2.19. The summed E-state index contributed by atoms with van der Waals surface area (Å²) < 4.78 is 43.3. The normalized spacial score (nSPS) is 11.5. The number of rotatable bonds is 3. The highest BCUT2D eigenvalue weighted by molar-refractivity contribution is 5.44. The maximum atomic E-state index is 12.8. The number of nitrogens with zero attached hydrogens (tertiary/aromatic N) is 2. The first kappa shape index (κ1) is 14.8. The van der Waals surface area contributed by atoms with Crippen molar-refractivity contribution in [3.05, 3.63) is 29.3 Å². The van der Waals surface area contributed by atoms with Crippen LogP contribution in [0.4, 0.5) is 13.2 Å². The van der Waals surface area contributed by atoms with Crippen molar-refractivity contribution in [1.29, 1.82) is 10.5 Å². The van der Waals surface area contributed by atoms with Gasteiger partial charge in [-0.05, 0) is 32.0 Å². The van der Waals surface area contributed by atoms with Gasteiger partial charge in [0, 0.05) is 0 Å². The van der Waals surface area contributed by atoms with E-state index in [2.05, 4.69) is 0 Å². The van der Waals surface area contributed by atoms with Crippen molar-refractivity contribution in [1.82, 2.24) is 0 Å². The van der Waals surface area contributed by atoms with Gasteiger partial charge in [-0.15, -0.1) is 0 Å². The quantitative estimate of drug-likeness (QED) is 0.842. The van der Waals surface area contributed by atoms with E-state index in [1.807, 2.05) is 6.07 Å². The predicted molar refractivity (Wildman–Crippen MR) is 61.0 cm³/mol. The number of hydrogen-bond acceptors (Lipinski definition) is 3. The number of ether oxygens (including phenoxy) is 1. The van der Waals surface area contributed by atoms with Crippen LogP contribution in [0.2, 0.25) is 0 Å². The molecule has 0 atom stereocenters. The topological polar surface area (TPSA) is 56.8 Å². The molecule has 0 heterocycles. The van der Waals surface area contributed by atoms with E-state index in [9.17, 15) is 13.2 Å². The van der Waals surface area contributed by atoms with Crippen LogP contribution in [0.25, 0.3) is 0 Å².